The zero-order chi connectivity index (χ0) is 26.2. The maximum Gasteiger partial charge on any atom is 0.338 e. The summed E-state index contributed by atoms with van der Waals surface area (Å²) in [6.45, 7) is 0.796. The van der Waals surface area contributed by atoms with Crippen LogP contribution in [0.4, 0.5) is 0 Å². The molecule has 1 heterocycles. The Hall–Kier alpha value is -4.50. The molecule has 3 aromatic rings. The molecule has 0 bridgehead atoms. The molecule has 0 N–H and O–H groups in total. The SMILES string of the molecule is CC(=O)O[C@H]1O[C@@H](COC(=O)c2ccccc2)C(OC(=O)c2ccccc2)C1OC(=O)c1ccccc1. The smallest absolute Gasteiger partial charge is 0.338 e. The van der Waals surface area contributed by atoms with E-state index < -0.39 is 48.5 Å². The van der Waals surface area contributed by atoms with Crippen molar-refractivity contribution in [3.63, 3.8) is 0 Å². The molecule has 0 radical (unpaired) electrons. The van der Waals surface area contributed by atoms with E-state index in [0.29, 0.717) is 5.56 Å². The van der Waals surface area contributed by atoms with Crippen LogP contribution in [0.25, 0.3) is 0 Å². The number of carbonyl (C=O) groups excluding carboxylic acids is 4. The Labute approximate surface area is 212 Å². The van der Waals surface area contributed by atoms with Crippen molar-refractivity contribution in [3.8, 4) is 0 Å². The summed E-state index contributed by atoms with van der Waals surface area (Å²) >= 11 is 0. The van der Waals surface area contributed by atoms with Crippen LogP contribution in [-0.2, 0) is 28.5 Å². The molecule has 0 aliphatic carbocycles. The van der Waals surface area contributed by atoms with Crippen molar-refractivity contribution in [2.45, 2.75) is 31.5 Å². The van der Waals surface area contributed by atoms with Gasteiger partial charge < -0.3 is 23.7 Å². The second-order valence-corrected chi connectivity index (χ2v) is 8.09. The van der Waals surface area contributed by atoms with Gasteiger partial charge in [-0.2, -0.15) is 0 Å². The summed E-state index contributed by atoms with van der Waals surface area (Å²) in [7, 11) is 0. The molecular weight excluding hydrogens is 480 g/mol. The molecule has 0 spiro atoms. The molecule has 1 fully saturated rings. The molecule has 37 heavy (non-hydrogen) atoms. The Kier molecular flexibility index (Phi) is 8.27. The Morgan fingerprint density at radius 1 is 0.622 bits per heavy atom. The van der Waals surface area contributed by atoms with Crippen LogP contribution in [0, 0.1) is 0 Å². The van der Waals surface area contributed by atoms with Gasteiger partial charge in [0.05, 0.1) is 16.7 Å². The number of hydrogen-bond acceptors (Lipinski definition) is 9. The zero-order valence-electron chi connectivity index (χ0n) is 19.9. The fourth-order valence-corrected chi connectivity index (χ4v) is 3.70. The van der Waals surface area contributed by atoms with E-state index in [9.17, 15) is 19.2 Å². The van der Waals surface area contributed by atoms with Crippen LogP contribution in [0.2, 0.25) is 0 Å². The van der Waals surface area contributed by atoms with Crippen molar-refractivity contribution in [1.29, 1.82) is 0 Å². The van der Waals surface area contributed by atoms with Gasteiger partial charge >= 0.3 is 23.9 Å². The van der Waals surface area contributed by atoms with Gasteiger partial charge in [0.15, 0.2) is 6.10 Å². The summed E-state index contributed by atoms with van der Waals surface area (Å²) in [5, 5.41) is 0. The highest BCUT2D eigenvalue weighted by molar-refractivity contribution is 5.91. The predicted molar refractivity (Wildman–Crippen MR) is 128 cm³/mol. The molecule has 9 nitrogen and oxygen atoms in total. The van der Waals surface area contributed by atoms with Gasteiger partial charge in [-0.1, -0.05) is 54.6 Å². The van der Waals surface area contributed by atoms with E-state index in [-0.39, 0.29) is 17.7 Å². The van der Waals surface area contributed by atoms with E-state index in [1.165, 1.54) is 0 Å². The Balaban J connectivity index is 1.58. The Morgan fingerprint density at radius 3 is 1.51 bits per heavy atom. The molecular formula is C28H24O9. The number of esters is 4. The minimum absolute atomic E-state index is 0.233. The van der Waals surface area contributed by atoms with Crippen LogP contribution < -0.4 is 0 Å². The lowest BCUT2D eigenvalue weighted by Crippen LogP contribution is -2.42. The second kappa shape index (κ2) is 12.0. The summed E-state index contributed by atoms with van der Waals surface area (Å²) in [6.07, 6.45) is -5.09. The molecule has 1 aliphatic rings. The first kappa shape index (κ1) is 25.6. The minimum Gasteiger partial charge on any atom is -0.459 e. The summed E-state index contributed by atoms with van der Waals surface area (Å²) in [6, 6.07) is 24.6. The highest BCUT2D eigenvalue weighted by Gasteiger charge is 2.52. The van der Waals surface area contributed by atoms with Crippen molar-refractivity contribution in [2.24, 2.45) is 0 Å². The summed E-state index contributed by atoms with van der Waals surface area (Å²) < 4.78 is 27.7. The summed E-state index contributed by atoms with van der Waals surface area (Å²) in [5.41, 5.74) is 0.782. The van der Waals surface area contributed by atoms with Crippen LogP contribution in [0.3, 0.4) is 0 Å². The van der Waals surface area contributed by atoms with Crippen molar-refractivity contribution >= 4 is 23.9 Å². The van der Waals surface area contributed by atoms with E-state index in [1.807, 2.05) is 0 Å². The Bertz CT molecular complexity index is 1230. The first-order valence-corrected chi connectivity index (χ1v) is 11.5. The Morgan fingerprint density at radius 2 is 1.05 bits per heavy atom. The predicted octanol–water partition coefficient (Wildman–Crippen LogP) is 3.58. The third kappa shape index (κ3) is 6.59. The number of rotatable bonds is 8. The van der Waals surface area contributed by atoms with E-state index in [2.05, 4.69) is 0 Å². The molecule has 4 rings (SSSR count). The molecule has 2 unspecified atom stereocenters. The monoisotopic (exact) mass is 504 g/mol. The second-order valence-electron chi connectivity index (χ2n) is 8.09. The fourth-order valence-electron chi connectivity index (χ4n) is 3.70. The topological polar surface area (TPSA) is 114 Å². The lowest BCUT2D eigenvalue weighted by molar-refractivity contribution is -0.187. The molecule has 0 amide bonds. The average Bonchev–Trinajstić information content (AvgIpc) is 3.23. The summed E-state index contributed by atoms with van der Waals surface area (Å²) in [5.74, 6) is -2.81. The van der Waals surface area contributed by atoms with Crippen LogP contribution in [0.15, 0.2) is 91.0 Å². The molecule has 3 aromatic carbocycles. The average molecular weight is 504 g/mol. The first-order chi connectivity index (χ1) is 17.9. The minimum atomic E-state index is -1.40. The molecule has 4 atom stereocenters. The maximum atomic E-state index is 12.9. The number of carbonyl (C=O) groups is 4. The van der Waals surface area contributed by atoms with Gasteiger partial charge in [0, 0.05) is 6.92 Å². The van der Waals surface area contributed by atoms with Gasteiger partial charge in [0.25, 0.3) is 0 Å². The molecule has 0 saturated carbocycles. The van der Waals surface area contributed by atoms with Crippen molar-refractivity contribution < 1.29 is 42.9 Å². The van der Waals surface area contributed by atoms with Gasteiger partial charge in [-0.3, -0.25) is 4.79 Å². The lowest BCUT2D eigenvalue weighted by Gasteiger charge is -2.24. The molecule has 1 aliphatic heterocycles. The van der Waals surface area contributed by atoms with Gasteiger partial charge in [0.1, 0.15) is 12.7 Å². The van der Waals surface area contributed by atoms with E-state index >= 15 is 0 Å². The van der Waals surface area contributed by atoms with Crippen LogP contribution >= 0.6 is 0 Å². The molecule has 1 saturated heterocycles. The highest BCUT2D eigenvalue weighted by Crippen LogP contribution is 2.30. The third-order valence-electron chi connectivity index (χ3n) is 5.44. The quantitative estimate of drug-likeness (QED) is 0.335. The standard InChI is InChI=1S/C28H24O9/c1-18(29)34-28-24(37-27(32)21-15-9-4-10-16-21)23(36-26(31)20-13-7-3-8-14-20)22(35-28)17-33-25(30)19-11-5-2-6-12-19/h2-16,22-24,28H,17H2,1H3/t22-,23?,24?,28-/m0/s1. The van der Waals surface area contributed by atoms with E-state index in [4.69, 9.17) is 23.7 Å². The van der Waals surface area contributed by atoms with Crippen molar-refractivity contribution in [3.05, 3.63) is 108 Å². The fraction of sp³-hybridized carbons (Fsp3) is 0.214. The molecule has 190 valence electrons. The highest BCUT2D eigenvalue weighted by atomic mass is 16.8. The number of benzene rings is 3. The van der Waals surface area contributed by atoms with Crippen LogP contribution in [0.5, 0.6) is 0 Å². The first-order valence-electron chi connectivity index (χ1n) is 11.5. The summed E-state index contributed by atoms with van der Waals surface area (Å²) in [4.78, 5) is 50.0. The van der Waals surface area contributed by atoms with Gasteiger partial charge in [0.2, 0.25) is 12.4 Å². The normalized spacial score (nSPS) is 20.5. The van der Waals surface area contributed by atoms with E-state index in [0.717, 1.165) is 6.92 Å². The largest absolute Gasteiger partial charge is 0.459 e. The van der Waals surface area contributed by atoms with Crippen molar-refractivity contribution in [1.82, 2.24) is 0 Å². The number of ether oxygens (including phenoxy) is 5. The lowest BCUT2D eigenvalue weighted by atomic mass is 10.1. The maximum absolute atomic E-state index is 12.9. The van der Waals surface area contributed by atoms with Gasteiger partial charge in [-0.15, -0.1) is 0 Å². The van der Waals surface area contributed by atoms with E-state index in [1.54, 1.807) is 91.0 Å². The molecule has 9 heteroatoms. The van der Waals surface area contributed by atoms with Gasteiger partial charge in [-0.05, 0) is 36.4 Å². The van der Waals surface area contributed by atoms with Crippen LogP contribution in [-0.4, -0.2) is 55.1 Å². The third-order valence-corrected chi connectivity index (χ3v) is 5.44. The van der Waals surface area contributed by atoms with Gasteiger partial charge in [-0.25, -0.2) is 14.4 Å². The van der Waals surface area contributed by atoms with Crippen molar-refractivity contribution in [2.75, 3.05) is 6.61 Å². The zero-order valence-corrected chi connectivity index (χ0v) is 19.9. The number of hydrogen-bond donors (Lipinski definition) is 0. The van der Waals surface area contributed by atoms with Crippen LogP contribution in [0.1, 0.15) is 38.0 Å². The molecule has 0 aromatic heterocycles.